The summed E-state index contributed by atoms with van der Waals surface area (Å²) in [5, 5.41) is 13.5. The molecule has 4 nitrogen and oxygen atoms in total. The molecule has 1 heterocycles. The van der Waals surface area contributed by atoms with E-state index in [2.05, 4.69) is 0 Å². The lowest BCUT2D eigenvalue weighted by Gasteiger charge is -2.35. The standard InChI is InChI=1S/C22H17Cl3N2O2/c1-14-22(29,15-3-2-4-18(25)13-15)27(20-11-7-17(24)8-12-20)21(28)26(14)19-9-5-16(23)6-10-19/h2-14,29H,1H3/t14-,22?/m1/s1. The highest BCUT2D eigenvalue weighted by Crippen LogP contribution is 2.45. The molecular weight excluding hydrogens is 431 g/mol. The molecule has 0 saturated carbocycles. The van der Waals surface area contributed by atoms with Crippen LogP contribution >= 0.6 is 34.8 Å². The zero-order valence-electron chi connectivity index (χ0n) is 15.4. The predicted octanol–water partition coefficient (Wildman–Crippen LogP) is 6.33. The van der Waals surface area contributed by atoms with E-state index in [4.69, 9.17) is 34.8 Å². The largest absolute Gasteiger partial charge is 0.365 e. The van der Waals surface area contributed by atoms with E-state index in [9.17, 15) is 9.90 Å². The average Bonchev–Trinajstić information content (AvgIpc) is 2.90. The van der Waals surface area contributed by atoms with Crippen molar-refractivity contribution in [3.8, 4) is 0 Å². The Morgan fingerprint density at radius 2 is 1.38 bits per heavy atom. The van der Waals surface area contributed by atoms with Crippen molar-refractivity contribution in [2.24, 2.45) is 0 Å². The van der Waals surface area contributed by atoms with Gasteiger partial charge in [0.2, 0.25) is 0 Å². The highest BCUT2D eigenvalue weighted by atomic mass is 35.5. The van der Waals surface area contributed by atoms with Gasteiger partial charge in [0.25, 0.3) is 0 Å². The summed E-state index contributed by atoms with van der Waals surface area (Å²) in [6, 6.07) is 19.6. The Hall–Kier alpha value is -2.24. The first-order chi connectivity index (χ1) is 13.8. The zero-order valence-corrected chi connectivity index (χ0v) is 17.7. The topological polar surface area (TPSA) is 43.8 Å². The number of nitrogens with zero attached hydrogens (tertiary/aromatic N) is 2. The second kappa shape index (κ2) is 7.54. The molecule has 1 unspecified atom stereocenters. The van der Waals surface area contributed by atoms with Gasteiger partial charge in [0, 0.05) is 32.0 Å². The van der Waals surface area contributed by atoms with Crippen molar-refractivity contribution in [2.75, 3.05) is 9.80 Å². The molecule has 0 aliphatic carbocycles. The van der Waals surface area contributed by atoms with Crippen molar-refractivity contribution in [1.29, 1.82) is 0 Å². The molecule has 1 N–H and O–H groups in total. The van der Waals surface area contributed by atoms with Crippen LogP contribution in [0.2, 0.25) is 15.1 Å². The minimum absolute atomic E-state index is 0.371. The molecule has 1 aliphatic rings. The van der Waals surface area contributed by atoms with Gasteiger partial charge < -0.3 is 5.11 Å². The molecule has 0 spiro atoms. The Labute approximate surface area is 183 Å². The van der Waals surface area contributed by atoms with Crippen LogP contribution in [0.3, 0.4) is 0 Å². The van der Waals surface area contributed by atoms with E-state index in [1.165, 1.54) is 4.90 Å². The Balaban J connectivity index is 1.90. The SMILES string of the molecule is C[C@H]1N(c2ccc(Cl)cc2)C(=O)N(c2ccc(Cl)cc2)C1(O)c1cccc(Cl)c1. The first-order valence-corrected chi connectivity index (χ1v) is 10.1. The molecule has 3 aromatic carbocycles. The molecule has 0 aromatic heterocycles. The molecule has 1 fully saturated rings. The summed E-state index contributed by atoms with van der Waals surface area (Å²) in [5.74, 6) is 0. The maximum atomic E-state index is 13.6. The van der Waals surface area contributed by atoms with Crippen LogP contribution in [-0.4, -0.2) is 17.2 Å². The van der Waals surface area contributed by atoms with Gasteiger partial charge in [0.1, 0.15) is 0 Å². The zero-order chi connectivity index (χ0) is 20.8. The number of aliphatic hydroxyl groups is 1. The quantitative estimate of drug-likeness (QED) is 0.510. The number of carbonyl (C=O) groups excluding carboxylic acids is 1. The fraction of sp³-hybridized carbons (Fsp3) is 0.136. The van der Waals surface area contributed by atoms with Crippen molar-refractivity contribution in [1.82, 2.24) is 0 Å². The van der Waals surface area contributed by atoms with Crippen LogP contribution in [0, 0.1) is 0 Å². The second-order valence-electron chi connectivity index (χ2n) is 6.85. The summed E-state index contributed by atoms with van der Waals surface area (Å²) in [7, 11) is 0. The minimum Gasteiger partial charge on any atom is -0.365 e. The fourth-order valence-electron chi connectivity index (χ4n) is 3.71. The van der Waals surface area contributed by atoms with Gasteiger partial charge in [-0.3, -0.25) is 9.80 Å². The monoisotopic (exact) mass is 446 g/mol. The van der Waals surface area contributed by atoms with Crippen molar-refractivity contribution in [3.05, 3.63) is 93.4 Å². The average molecular weight is 448 g/mol. The van der Waals surface area contributed by atoms with Gasteiger partial charge >= 0.3 is 6.03 Å². The Bertz CT molecular complexity index is 1060. The van der Waals surface area contributed by atoms with Gasteiger partial charge in [0.15, 0.2) is 5.72 Å². The summed E-state index contributed by atoms with van der Waals surface area (Å²) in [6.07, 6.45) is 0. The van der Waals surface area contributed by atoms with Crippen LogP contribution in [0.15, 0.2) is 72.8 Å². The number of rotatable bonds is 3. The molecule has 3 aromatic rings. The first kappa shape index (κ1) is 20.0. The third-order valence-corrected chi connectivity index (χ3v) is 5.89. The van der Waals surface area contributed by atoms with Crippen molar-refractivity contribution >= 4 is 52.2 Å². The fourth-order valence-corrected chi connectivity index (χ4v) is 4.15. The number of hydrogen-bond donors (Lipinski definition) is 1. The van der Waals surface area contributed by atoms with E-state index in [-0.39, 0.29) is 6.03 Å². The second-order valence-corrected chi connectivity index (χ2v) is 8.16. The van der Waals surface area contributed by atoms with Crippen LogP contribution in [0.5, 0.6) is 0 Å². The third-order valence-electron chi connectivity index (χ3n) is 5.15. The highest BCUT2D eigenvalue weighted by molar-refractivity contribution is 6.31. The molecule has 1 aliphatic heterocycles. The van der Waals surface area contributed by atoms with E-state index in [1.807, 2.05) is 0 Å². The lowest BCUT2D eigenvalue weighted by Crippen LogP contribution is -2.48. The van der Waals surface area contributed by atoms with Crippen LogP contribution in [-0.2, 0) is 5.72 Å². The van der Waals surface area contributed by atoms with Crippen molar-refractivity contribution < 1.29 is 9.90 Å². The molecule has 0 bridgehead atoms. The summed E-state index contributed by atoms with van der Waals surface area (Å²) in [5.41, 5.74) is 0.00129. The molecule has 1 saturated heterocycles. The summed E-state index contributed by atoms with van der Waals surface area (Å²) >= 11 is 18.2. The highest BCUT2D eigenvalue weighted by Gasteiger charge is 2.56. The van der Waals surface area contributed by atoms with Gasteiger partial charge in [-0.05, 0) is 67.6 Å². The molecule has 29 heavy (non-hydrogen) atoms. The molecule has 2 amide bonds. The van der Waals surface area contributed by atoms with Gasteiger partial charge in [-0.2, -0.15) is 0 Å². The summed E-state index contributed by atoms with van der Waals surface area (Å²) < 4.78 is 0. The molecule has 2 atom stereocenters. The molecular formula is C22H17Cl3N2O2. The molecule has 7 heteroatoms. The maximum absolute atomic E-state index is 13.6. The van der Waals surface area contributed by atoms with Crippen LogP contribution in [0.4, 0.5) is 16.2 Å². The third kappa shape index (κ3) is 3.36. The lowest BCUT2D eigenvalue weighted by atomic mass is 9.94. The Morgan fingerprint density at radius 3 is 1.93 bits per heavy atom. The van der Waals surface area contributed by atoms with Gasteiger partial charge in [0.05, 0.1) is 6.04 Å². The smallest absolute Gasteiger partial charge is 0.332 e. The number of carbonyl (C=O) groups is 1. The predicted molar refractivity (Wildman–Crippen MR) is 118 cm³/mol. The molecule has 4 rings (SSSR count). The van der Waals surface area contributed by atoms with E-state index < -0.39 is 11.8 Å². The molecule has 148 valence electrons. The van der Waals surface area contributed by atoms with Gasteiger partial charge in [-0.25, -0.2) is 4.79 Å². The Kier molecular flexibility index (Phi) is 5.21. The minimum atomic E-state index is -1.66. The number of amides is 2. The summed E-state index contributed by atoms with van der Waals surface area (Å²) in [4.78, 5) is 16.5. The van der Waals surface area contributed by atoms with Gasteiger partial charge in [-0.1, -0.05) is 46.9 Å². The van der Waals surface area contributed by atoms with Crippen LogP contribution < -0.4 is 9.80 Å². The normalized spacial score (nSPS) is 21.7. The number of halogens is 3. The van der Waals surface area contributed by atoms with Crippen LogP contribution in [0.1, 0.15) is 12.5 Å². The van der Waals surface area contributed by atoms with Crippen LogP contribution in [0.25, 0.3) is 0 Å². The molecule has 0 radical (unpaired) electrons. The number of anilines is 2. The first-order valence-electron chi connectivity index (χ1n) is 8.95. The maximum Gasteiger partial charge on any atom is 0.332 e. The van der Waals surface area contributed by atoms with Crippen molar-refractivity contribution in [3.63, 3.8) is 0 Å². The Morgan fingerprint density at radius 1 is 0.828 bits per heavy atom. The number of benzene rings is 3. The number of hydrogen-bond acceptors (Lipinski definition) is 2. The van der Waals surface area contributed by atoms with E-state index >= 15 is 0 Å². The number of urea groups is 1. The van der Waals surface area contributed by atoms with E-state index in [0.29, 0.717) is 32.0 Å². The van der Waals surface area contributed by atoms with E-state index in [1.54, 1.807) is 84.6 Å². The lowest BCUT2D eigenvalue weighted by molar-refractivity contribution is 0.0372. The van der Waals surface area contributed by atoms with Crippen molar-refractivity contribution in [2.45, 2.75) is 18.7 Å². The van der Waals surface area contributed by atoms with Gasteiger partial charge in [-0.15, -0.1) is 0 Å². The van der Waals surface area contributed by atoms with E-state index in [0.717, 1.165) is 0 Å². The summed E-state index contributed by atoms with van der Waals surface area (Å²) in [6.45, 7) is 1.79.